The predicted octanol–water partition coefficient (Wildman–Crippen LogP) is 13.4. The third kappa shape index (κ3) is 3.74. The molecule has 5 heteroatoms. The van der Waals surface area contributed by atoms with Gasteiger partial charge in [0, 0.05) is 57.4 Å². The molecule has 11 aromatic rings. The van der Waals surface area contributed by atoms with Crippen molar-refractivity contribution in [3.63, 3.8) is 0 Å². The highest BCUT2D eigenvalue weighted by molar-refractivity contribution is 7.27. The molecule has 7 aromatic carbocycles. The molecule has 1 aliphatic rings. The zero-order valence-electron chi connectivity index (χ0n) is 28.4. The summed E-state index contributed by atoms with van der Waals surface area (Å²) in [5.41, 5.74) is 10.6. The third-order valence-electron chi connectivity index (χ3n) is 11.4. The smallest absolute Gasteiger partial charge is 0.235 e. The molecule has 0 saturated carbocycles. The highest BCUT2D eigenvalue weighted by Gasteiger charge is 2.35. The van der Waals surface area contributed by atoms with Gasteiger partial charge in [0.15, 0.2) is 0 Å². The van der Waals surface area contributed by atoms with Crippen LogP contribution in [0.3, 0.4) is 0 Å². The molecular formula is C47H29N3S2. The molecule has 4 heterocycles. The van der Waals surface area contributed by atoms with E-state index in [0.717, 1.165) is 32.5 Å². The summed E-state index contributed by atoms with van der Waals surface area (Å²) in [6.07, 6.45) is 0. The molecule has 3 nitrogen and oxygen atoms in total. The Bertz CT molecular complexity index is 3340. The lowest BCUT2D eigenvalue weighted by Gasteiger charge is -2.22. The summed E-state index contributed by atoms with van der Waals surface area (Å²) >= 11 is 3.67. The highest BCUT2D eigenvalue weighted by atomic mass is 32.1. The average Bonchev–Trinajstić information content (AvgIpc) is 3.91. The van der Waals surface area contributed by atoms with Gasteiger partial charge in [0.05, 0.1) is 26.9 Å². The molecule has 0 spiro atoms. The zero-order chi connectivity index (χ0) is 34.3. The van der Waals surface area contributed by atoms with E-state index >= 15 is 0 Å². The van der Waals surface area contributed by atoms with E-state index in [0.29, 0.717) is 5.95 Å². The molecule has 12 rings (SSSR count). The maximum absolute atomic E-state index is 5.57. The Balaban J connectivity index is 1.18. The van der Waals surface area contributed by atoms with Crippen LogP contribution in [0.15, 0.2) is 140 Å². The second-order valence-electron chi connectivity index (χ2n) is 14.6. The maximum atomic E-state index is 5.57. The predicted molar refractivity (Wildman–Crippen MR) is 223 cm³/mol. The van der Waals surface area contributed by atoms with E-state index in [1.165, 1.54) is 74.1 Å². The first-order chi connectivity index (χ1) is 25.5. The Hall–Kier alpha value is -5.88. The molecule has 1 aliphatic carbocycles. The number of nitrogens with zero attached hydrogens (tertiary/aromatic N) is 3. The van der Waals surface area contributed by atoms with Crippen LogP contribution < -0.4 is 0 Å². The summed E-state index contributed by atoms with van der Waals surface area (Å²) in [6.45, 7) is 4.69. The van der Waals surface area contributed by atoms with Crippen molar-refractivity contribution in [3.05, 3.63) is 151 Å². The molecule has 0 saturated heterocycles. The van der Waals surface area contributed by atoms with Crippen LogP contribution in [0.1, 0.15) is 25.0 Å². The molecule has 0 bridgehead atoms. The number of para-hydroxylation sites is 1. The number of thiophene rings is 2. The fourth-order valence-electron chi connectivity index (χ4n) is 8.91. The van der Waals surface area contributed by atoms with Gasteiger partial charge in [-0.3, -0.25) is 4.57 Å². The van der Waals surface area contributed by atoms with Crippen molar-refractivity contribution in [2.24, 2.45) is 0 Å². The third-order valence-corrected chi connectivity index (χ3v) is 13.8. The minimum Gasteiger partial charge on any atom is -0.278 e. The van der Waals surface area contributed by atoms with Crippen molar-refractivity contribution in [1.29, 1.82) is 0 Å². The van der Waals surface area contributed by atoms with E-state index < -0.39 is 0 Å². The first kappa shape index (κ1) is 28.8. The van der Waals surface area contributed by atoms with E-state index in [1.54, 1.807) is 11.3 Å². The average molecular weight is 700 g/mol. The summed E-state index contributed by atoms with van der Waals surface area (Å²) in [4.78, 5) is 11.0. The van der Waals surface area contributed by atoms with Crippen molar-refractivity contribution in [2.75, 3.05) is 0 Å². The first-order valence-electron chi connectivity index (χ1n) is 17.7. The molecule has 4 aromatic heterocycles. The van der Waals surface area contributed by atoms with Gasteiger partial charge in [-0.1, -0.05) is 117 Å². The summed E-state index contributed by atoms with van der Waals surface area (Å²) < 4.78 is 7.28. The van der Waals surface area contributed by atoms with Gasteiger partial charge < -0.3 is 0 Å². The monoisotopic (exact) mass is 699 g/mol. The molecule has 0 amide bonds. The molecular weight excluding hydrogens is 671 g/mol. The largest absolute Gasteiger partial charge is 0.278 e. The van der Waals surface area contributed by atoms with Gasteiger partial charge in [-0.25, -0.2) is 9.97 Å². The van der Waals surface area contributed by atoms with Crippen molar-refractivity contribution in [3.8, 4) is 28.3 Å². The number of hydrogen-bond acceptors (Lipinski definition) is 4. The number of rotatable bonds is 2. The molecule has 0 aliphatic heterocycles. The molecule has 52 heavy (non-hydrogen) atoms. The van der Waals surface area contributed by atoms with Gasteiger partial charge in [0.1, 0.15) is 0 Å². The van der Waals surface area contributed by atoms with Crippen LogP contribution in [0.4, 0.5) is 0 Å². The molecule has 0 atom stereocenters. The van der Waals surface area contributed by atoms with Gasteiger partial charge in [-0.05, 0) is 64.0 Å². The second kappa shape index (κ2) is 10.1. The normalized spacial score (nSPS) is 13.7. The standard InChI is InChI=1S/C47H29N3S2/c1-47(2)36-15-7-3-11-28(36)29-21-20-27(24-37(29)47)42-45-43(33-14-6-10-18-41(33)52-45)49-46(48-42)50-38-16-8-4-12-30(38)35-23-26-19-22-32-31-13-5-9-17-40(31)51-44(32)34(26)25-39(35)50/h3-25H,1-2H3. The van der Waals surface area contributed by atoms with Crippen LogP contribution in [-0.2, 0) is 5.41 Å². The SMILES string of the molecule is CC1(C)c2ccccc2-c2ccc(-c3nc(-n4c5ccccc5c5cc6ccc7c8ccccc8sc7c6cc54)nc4c3sc3ccccc34)cc21. The quantitative estimate of drug-likeness (QED) is 0.180. The van der Waals surface area contributed by atoms with Gasteiger partial charge in [-0.2, -0.15) is 0 Å². The minimum atomic E-state index is -0.108. The molecule has 0 fully saturated rings. The maximum Gasteiger partial charge on any atom is 0.235 e. The Morgan fingerprint density at radius 1 is 0.500 bits per heavy atom. The minimum absolute atomic E-state index is 0.108. The number of aromatic nitrogens is 3. The topological polar surface area (TPSA) is 30.7 Å². The van der Waals surface area contributed by atoms with Crippen molar-refractivity contribution in [2.45, 2.75) is 19.3 Å². The number of benzene rings is 7. The van der Waals surface area contributed by atoms with Gasteiger partial charge in [0.2, 0.25) is 5.95 Å². The van der Waals surface area contributed by atoms with E-state index in [4.69, 9.17) is 9.97 Å². The molecule has 244 valence electrons. The second-order valence-corrected chi connectivity index (χ2v) is 16.7. The van der Waals surface area contributed by atoms with Crippen LogP contribution in [0.2, 0.25) is 0 Å². The van der Waals surface area contributed by atoms with Crippen LogP contribution >= 0.6 is 22.7 Å². The van der Waals surface area contributed by atoms with E-state index in [2.05, 4.69) is 158 Å². The number of hydrogen-bond donors (Lipinski definition) is 0. The Labute approximate surface area is 307 Å². The van der Waals surface area contributed by atoms with Crippen LogP contribution in [0.25, 0.3) is 101 Å². The van der Waals surface area contributed by atoms with Gasteiger partial charge >= 0.3 is 0 Å². The summed E-state index contributed by atoms with van der Waals surface area (Å²) in [5.74, 6) is 0.697. The molecule has 0 radical (unpaired) electrons. The fraction of sp³-hybridized carbons (Fsp3) is 0.0638. The fourth-order valence-corrected chi connectivity index (χ4v) is 11.3. The summed E-state index contributed by atoms with van der Waals surface area (Å²) in [5, 5.41) is 8.71. The Morgan fingerprint density at radius 3 is 2.10 bits per heavy atom. The Kier molecular flexibility index (Phi) is 5.61. The van der Waals surface area contributed by atoms with E-state index in [1.807, 2.05) is 11.3 Å². The summed E-state index contributed by atoms with van der Waals surface area (Å²) in [7, 11) is 0. The van der Waals surface area contributed by atoms with E-state index in [-0.39, 0.29) is 5.41 Å². The van der Waals surface area contributed by atoms with Crippen LogP contribution in [0.5, 0.6) is 0 Å². The molecule has 0 unspecified atom stereocenters. The van der Waals surface area contributed by atoms with Crippen LogP contribution in [0, 0.1) is 0 Å². The molecule has 0 N–H and O–H groups in total. The van der Waals surface area contributed by atoms with Crippen molar-refractivity contribution < 1.29 is 0 Å². The number of fused-ring (bicyclic) bond motifs is 14. The zero-order valence-corrected chi connectivity index (χ0v) is 30.1. The van der Waals surface area contributed by atoms with Gasteiger partial charge in [-0.15, -0.1) is 22.7 Å². The first-order valence-corrected chi connectivity index (χ1v) is 19.4. The van der Waals surface area contributed by atoms with Crippen molar-refractivity contribution >= 4 is 95.7 Å². The lowest BCUT2D eigenvalue weighted by molar-refractivity contribution is 0.660. The van der Waals surface area contributed by atoms with Gasteiger partial charge in [0.25, 0.3) is 0 Å². The van der Waals surface area contributed by atoms with Crippen LogP contribution in [-0.4, -0.2) is 14.5 Å². The lowest BCUT2D eigenvalue weighted by Crippen LogP contribution is -2.15. The summed E-state index contributed by atoms with van der Waals surface area (Å²) in [6, 6.07) is 51.2. The highest BCUT2D eigenvalue weighted by Crippen LogP contribution is 2.50. The lowest BCUT2D eigenvalue weighted by atomic mass is 9.82. The van der Waals surface area contributed by atoms with Crippen molar-refractivity contribution in [1.82, 2.24) is 14.5 Å². The van der Waals surface area contributed by atoms with E-state index in [9.17, 15) is 0 Å². The Morgan fingerprint density at radius 2 is 1.21 bits per heavy atom.